The zero-order valence-electron chi connectivity index (χ0n) is 17.2. The van der Waals surface area contributed by atoms with Crippen LogP contribution in [0.3, 0.4) is 0 Å². The molecule has 29 heavy (non-hydrogen) atoms. The molecule has 0 saturated carbocycles. The Hall–Kier alpha value is -2.33. The number of guanidine groups is 1. The van der Waals surface area contributed by atoms with E-state index >= 15 is 0 Å². The first-order valence-corrected chi connectivity index (χ1v) is 9.22. The molecule has 7 nitrogen and oxygen atoms in total. The Kier molecular flexibility index (Phi) is 8.71. The summed E-state index contributed by atoms with van der Waals surface area (Å²) in [6, 6.07) is 12.1. The molecule has 2 aromatic heterocycles. The molecule has 0 aliphatic heterocycles. The number of hydrogen-bond acceptors (Lipinski definition) is 5. The van der Waals surface area contributed by atoms with Gasteiger partial charge in [-0.3, -0.25) is 9.89 Å². The lowest BCUT2D eigenvalue weighted by Crippen LogP contribution is -2.41. The molecule has 3 aromatic rings. The highest BCUT2D eigenvalue weighted by molar-refractivity contribution is 14.0. The molecule has 1 atom stereocenters. The molecule has 0 amide bonds. The number of likely N-dealkylation sites (N-methyl/N-ethyl adjacent to an activating group) is 1. The van der Waals surface area contributed by atoms with Crippen LogP contribution >= 0.6 is 24.0 Å². The minimum atomic E-state index is 0. The number of aryl methyl sites for hydroxylation is 1. The Morgan fingerprint density at radius 3 is 2.52 bits per heavy atom. The van der Waals surface area contributed by atoms with Crippen LogP contribution in [-0.4, -0.2) is 43.5 Å². The van der Waals surface area contributed by atoms with Crippen molar-refractivity contribution in [2.45, 2.75) is 19.5 Å². The highest BCUT2D eigenvalue weighted by atomic mass is 127. The van der Waals surface area contributed by atoms with E-state index in [1.807, 2.05) is 50.5 Å². The van der Waals surface area contributed by atoms with Crippen LogP contribution in [0.25, 0.3) is 11.5 Å². The highest BCUT2D eigenvalue weighted by Crippen LogP contribution is 2.19. The van der Waals surface area contributed by atoms with Gasteiger partial charge in [0.2, 0.25) is 5.89 Å². The van der Waals surface area contributed by atoms with Crippen molar-refractivity contribution >= 4 is 29.9 Å². The minimum absolute atomic E-state index is 0. The summed E-state index contributed by atoms with van der Waals surface area (Å²) in [4.78, 5) is 10.9. The minimum Gasteiger partial charge on any atom is -0.468 e. The first-order valence-electron chi connectivity index (χ1n) is 9.22. The molecular formula is C21H28IN5O2. The van der Waals surface area contributed by atoms with E-state index in [1.54, 1.807) is 19.6 Å². The summed E-state index contributed by atoms with van der Waals surface area (Å²) in [6.45, 7) is 3.23. The topological polar surface area (TPSA) is 78.8 Å². The van der Waals surface area contributed by atoms with Crippen molar-refractivity contribution in [1.82, 2.24) is 20.5 Å². The third-order valence-electron chi connectivity index (χ3n) is 4.47. The number of nitrogens with zero attached hydrogens (tertiary/aromatic N) is 3. The van der Waals surface area contributed by atoms with Crippen molar-refractivity contribution in [3.8, 4) is 11.5 Å². The maximum atomic E-state index is 5.60. The van der Waals surface area contributed by atoms with E-state index in [4.69, 9.17) is 8.83 Å². The lowest BCUT2D eigenvalue weighted by Gasteiger charge is -2.23. The molecule has 0 radical (unpaired) electrons. The third-order valence-corrected chi connectivity index (χ3v) is 4.47. The Bertz CT molecular complexity index is 888. The van der Waals surface area contributed by atoms with Crippen LogP contribution in [0.15, 0.2) is 62.8 Å². The van der Waals surface area contributed by atoms with Gasteiger partial charge in [0, 0.05) is 19.2 Å². The van der Waals surface area contributed by atoms with E-state index < -0.39 is 0 Å². The van der Waals surface area contributed by atoms with E-state index in [0.717, 1.165) is 17.0 Å². The largest absolute Gasteiger partial charge is 0.468 e. The van der Waals surface area contributed by atoms with Gasteiger partial charge in [0.15, 0.2) is 5.96 Å². The fraction of sp³-hybridized carbons (Fsp3) is 0.333. The Labute approximate surface area is 188 Å². The number of nitrogens with one attached hydrogen (secondary N) is 2. The number of furan rings is 1. The van der Waals surface area contributed by atoms with Gasteiger partial charge in [0.25, 0.3) is 0 Å². The number of hydrogen-bond donors (Lipinski definition) is 2. The monoisotopic (exact) mass is 509 g/mol. The van der Waals surface area contributed by atoms with Crippen LogP contribution in [0.5, 0.6) is 0 Å². The molecule has 0 bridgehead atoms. The third kappa shape index (κ3) is 6.33. The van der Waals surface area contributed by atoms with E-state index in [-0.39, 0.29) is 30.0 Å². The second-order valence-electron chi connectivity index (χ2n) is 6.81. The lowest BCUT2D eigenvalue weighted by molar-refractivity contribution is 0.258. The second-order valence-corrected chi connectivity index (χ2v) is 6.81. The number of oxazole rings is 1. The number of aromatic nitrogens is 1. The first kappa shape index (κ1) is 23.0. The maximum absolute atomic E-state index is 5.60. The Morgan fingerprint density at radius 1 is 1.14 bits per heavy atom. The molecule has 156 valence electrons. The van der Waals surface area contributed by atoms with Crippen LogP contribution in [0.4, 0.5) is 0 Å². The van der Waals surface area contributed by atoms with Crippen molar-refractivity contribution < 1.29 is 8.83 Å². The number of rotatable bonds is 7. The molecule has 8 heteroatoms. The van der Waals surface area contributed by atoms with Gasteiger partial charge in [0.1, 0.15) is 12.0 Å². The molecule has 0 aliphatic carbocycles. The van der Waals surface area contributed by atoms with Gasteiger partial charge in [-0.05, 0) is 45.3 Å². The average Bonchev–Trinajstić information content (AvgIpc) is 3.37. The van der Waals surface area contributed by atoms with Gasteiger partial charge >= 0.3 is 0 Å². The van der Waals surface area contributed by atoms with Crippen molar-refractivity contribution in [2.75, 3.05) is 27.7 Å². The fourth-order valence-corrected chi connectivity index (χ4v) is 2.82. The predicted octanol–water partition coefficient (Wildman–Crippen LogP) is 3.83. The van der Waals surface area contributed by atoms with Gasteiger partial charge in [-0.25, -0.2) is 4.98 Å². The second kappa shape index (κ2) is 11.0. The van der Waals surface area contributed by atoms with E-state index in [0.29, 0.717) is 24.9 Å². The Balaban J connectivity index is 0.00000300. The molecule has 0 fully saturated rings. The molecule has 0 saturated heterocycles. The number of halogens is 1. The van der Waals surface area contributed by atoms with Crippen LogP contribution in [0, 0.1) is 6.92 Å². The van der Waals surface area contributed by atoms with E-state index in [1.165, 1.54) is 5.56 Å². The smallest absolute Gasteiger partial charge is 0.226 e. The summed E-state index contributed by atoms with van der Waals surface area (Å²) in [6.07, 6.45) is 3.36. The standard InChI is InChI=1S/C21H27N5O2.HI/c1-15-7-9-16(10-8-15)20-25-17(14-28-20)12-23-21(22-2)24-13-18(26(3)4)19-6-5-11-27-19;/h5-11,14,18H,12-13H2,1-4H3,(H2,22,23,24);1H. The number of aliphatic imine (C=N–C) groups is 1. The molecular weight excluding hydrogens is 481 g/mol. The predicted molar refractivity (Wildman–Crippen MR) is 125 cm³/mol. The van der Waals surface area contributed by atoms with Crippen molar-refractivity contribution in [3.05, 3.63) is 65.9 Å². The molecule has 0 aliphatic rings. The van der Waals surface area contributed by atoms with Crippen LogP contribution < -0.4 is 10.6 Å². The zero-order chi connectivity index (χ0) is 19.9. The summed E-state index contributed by atoms with van der Waals surface area (Å²) < 4.78 is 11.1. The van der Waals surface area contributed by atoms with Crippen molar-refractivity contribution in [1.29, 1.82) is 0 Å². The first-order chi connectivity index (χ1) is 13.6. The summed E-state index contributed by atoms with van der Waals surface area (Å²) in [7, 11) is 5.79. The molecule has 2 N–H and O–H groups in total. The quantitative estimate of drug-likeness (QED) is 0.287. The van der Waals surface area contributed by atoms with Crippen LogP contribution in [-0.2, 0) is 6.54 Å². The van der Waals surface area contributed by atoms with Gasteiger partial charge < -0.3 is 19.5 Å². The molecule has 3 rings (SSSR count). The van der Waals surface area contributed by atoms with Crippen LogP contribution in [0.1, 0.15) is 23.1 Å². The van der Waals surface area contributed by atoms with Gasteiger partial charge in [-0.2, -0.15) is 0 Å². The van der Waals surface area contributed by atoms with Gasteiger partial charge in [-0.1, -0.05) is 17.7 Å². The van der Waals surface area contributed by atoms with Crippen molar-refractivity contribution in [3.63, 3.8) is 0 Å². The Morgan fingerprint density at radius 2 is 1.90 bits per heavy atom. The normalized spacial score (nSPS) is 12.5. The van der Waals surface area contributed by atoms with Crippen LogP contribution in [0.2, 0.25) is 0 Å². The summed E-state index contributed by atoms with van der Waals surface area (Å²) in [5.41, 5.74) is 2.98. The molecule has 1 aromatic carbocycles. The van der Waals surface area contributed by atoms with Gasteiger partial charge in [0.05, 0.1) is 24.5 Å². The van der Waals surface area contributed by atoms with Gasteiger partial charge in [-0.15, -0.1) is 24.0 Å². The summed E-state index contributed by atoms with van der Waals surface area (Å²) >= 11 is 0. The number of benzene rings is 1. The van der Waals surface area contributed by atoms with E-state index in [2.05, 4.69) is 32.4 Å². The van der Waals surface area contributed by atoms with E-state index in [9.17, 15) is 0 Å². The fourth-order valence-electron chi connectivity index (χ4n) is 2.82. The van der Waals surface area contributed by atoms with Crippen molar-refractivity contribution in [2.24, 2.45) is 4.99 Å². The molecule has 2 heterocycles. The zero-order valence-corrected chi connectivity index (χ0v) is 19.5. The highest BCUT2D eigenvalue weighted by Gasteiger charge is 2.17. The molecule has 0 spiro atoms. The average molecular weight is 509 g/mol. The molecule has 1 unspecified atom stereocenters. The summed E-state index contributed by atoms with van der Waals surface area (Å²) in [5, 5.41) is 6.60. The lowest BCUT2D eigenvalue weighted by atomic mass is 10.1. The summed E-state index contributed by atoms with van der Waals surface area (Å²) in [5.74, 6) is 2.22. The SMILES string of the molecule is CN=C(NCc1coc(-c2ccc(C)cc2)n1)NCC(c1ccco1)N(C)C.I. The maximum Gasteiger partial charge on any atom is 0.226 e.